The van der Waals surface area contributed by atoms with Crippen molar-refractivity contribution in [2.75, 3.05) is 34.8 Å². The highest BCUT2D eigenvalue weighted by Crippen LogP contribution is 2.36. The largest absolute Gasteiger partial charge is 0.490 e. The Labute approximate surface area is 236 Å². The van der Waals surface area contributed by atoms with Gasteiger partial charge in [-0.15, -0.1) is 0 Å². The van der Waals surface area contributed by atoms with Gasteiger partial charge in [-0.3, -0.25) is 14.9 Å². The van der Waals surface area contributed by atoms with E-state index in [9.17, 15) is 18.0 Å². The summed E-state index contributed by atoms with van der Waals surface area (Å²) in [6.45, 7) is 1.24. The lowest BCUT2D eigenvalue weighted by atomic mass is 10.1. The van der Waals surface area contributed by atoms with E-state index in [-0.39, 0.29) is 41.7 Å². The van der Waals surface area contributed by atoms with E-state index in [1.807, 2.05) is 0 Å². The van der Waals surface area contributed by atoms with Gasteiger partial charge in [0.2, 0.25) is 10.0 Å². The molecule has 0 atom stereocenters. The van der Waals surface area contributed by atoms with Crippen LogP contribution in [0.25, 0.3) is 0 Å². The summed E-state index contributed by atoms with van der Waals surface area (Å²) in [4.78, 5) is 24.3. The third-order valence-corrected chi connectivity index (χ3v) is 6.07. The van der Waals surface area contributed by atoms with Crippen LogP contribution in [0.4, 0.5) is 17.1 Å². The fourth-order valence-electron chi connectivity index (χ4n) is 3.61. The monoisotopic (exact) mass is 589 g/mol. The van der Waals surface area contributed by atoms with E-state index >= 15 is 0 Å². The zero-order valence-electron chi connectivity index (χ0n) is 21.6. The number of aliphatic carboxylic acids is 1. The molecule has 7 N–H and O–H groups in total. The molecule has 1 amide bonds. The van der Waals surface area contributed by atoms with Crippen molar-refractivity contribution in [1.82, 2.24) is 0 Å². The molecule has 0 bridgehead atoms. The Bertz CT molecular complexity index is 1530. The predicted molar refractivity (Wildman–Crippen MR) is 153 cm³/mol. The summed E-state index contributed by atoms with van der Waals surface area (Å²) in [6.07, 6.45) is 0.992. The molecule has 0 aromatic heterocycles. The molecule has 3 aromatic carbocycles. The molecule has 40 heavy (non-hydrogen) atoms. The second-order valence-corrected chi connectivity index (χ2v) is 10.6. The van der Waals surface area contributed by atoms with Gasteiger partial charge in [0, 0.05) is 40.1 Å². The maximum absolute atomic E-state index is 13.1. The second-order valence-electron chi connectivity index (χ2n) is 8.44. The molecule has 0 spiro atoms. The predicted octanol–water partition coefficient (Wildman–Crippen LogP) is 3.72. The molecule has 0 radical (unpaired) electrons. The molecule has 3 aromatic rings. The van der Waals surface area contributed by atoms with Crippen LogP contribution in [-0.4, -0.2) is 50.7 Å². The lowest BCUT2D eigenvalue weighted by Gasteiger charge is -2.19. The van der Waals surface area contributed by atoms with Gasteiger partial charge < -0.3 is 30.9 Å². The quantitative estimate of drug-likeness (QED) is 0.127. The molecule has 0 heterocycles. The summed E-state index contributed by atoms with van der Waals surface area (Å²) in [5.41, 5.74) is 7.56. The summed E-state index contributed by atoms with van der Waals surface area (Å²) in [7, 11) is -3.64. The van der Waals surface area contributed by atoms with Gasteiger partial charge >= 0.3 is 5.97 Å². The van der Waals surface area contributed by atoms with Crippen LogP contribution in [0.15, 0.2) is 54.6 Å². The number of hydrogen-bond acceptors (Lipinski definition) is 8. The average molecular weight is 590 g/mol. The molecule has 3 rings (SSSR count). The number of carboxylic acid groups (broad SMARTS) is 1. The number of carboxylic acids is 1. The number of anilines is 3. The SMILES string of the molecule is CCOc1cc(NS(C)(=O)=O)cc(CNc2ccc(Cl)cc2C(=O)Nc2ccc(C(=N)N)cc2)c1OCC(=O)O. The summed E-state index contributed by atoms with van der Waals surface area (Å²) in [6, 6.07) is 13.9. The van der Waals surface area contributed by atoms with Gasteiger partial charge in [-0.1, -0.05) is 11.6 Å². The van der Waals surface area contributed by atoms with Crippen molar-refractivity contribution >= 4 is 56.4 Å². The first-order valence-corrected chi connectivity index (χ1v) is 14.0. The minimum atomic E-state index is -3.64. The number of nitrogens with two attached hydrogens (primary N) is 1. The number of carbonyl (C=O) groups is 2. The number of nitrogens with one attached hydrogen (secondary N) is 4. The molecular formula is C26H28ClN5O7S. The Morgan fingerprint density at radius 1 is 1.05 bits per heavy atom. The van der Waals surface area contributed by atoms with E-state index in [1.165, 1.54) is 18.2 Å². The van der Waals surface area contributed by atoms with Crippen molar-refractivity contribution in [3.8, 4) is 11.5 Å². The van der Waals surface area contributed by atoms with Crippen LogP contribution >= 0.6 is 11.6 Å². The molecule has 0 saturated carbocycles. The minimum Gasteiger partial charge on any atom is -0.490 e. The molecule has 0 aliphatic heterocycles. The number of nitrogen functional groups attached to an aromatic ring is 1. The van der Waals surface area contributed by atoms with Crippen LogP contribution in [0.2, 0.25) is 5.02 Å². The second kappa shape index (κ2) is 13.0. The van der Waals surface area contributed by atoms with Gasteiger partial charge in [-0.2, -0.15) is 0 Å². The standard InChI is InChI=1S/C26H28ClN5O7S/c1-3-38-22-12-19(32-40(2,36)37)10-16(24(22)39-14-23(33)34)13-30-21-9-6-17(27)11-20(21)26(35)31-18-7-4-15(5-8-18)25(28)29/h4-12,30,32H,3,13-14H2,1-2H3,(H3,28,29)(H,31,35)(H,33,34). The Hall–Kier alpha value is -4.49. The number of ether oxygens (including phenoxy) is 2. The summed E-state index contributed by atoms with van der Waals surface area (Å²) >= 11 is 6.17. The van der Waals surface area contributed by atoms with E-state index in [1.54, 1.807) is 43.3 Å². The molecule has 0 aliphatic rings. The maximum Gasteiger partial charge on any atom is 0.341 e. The molecule has 0 unspecified atom stereocenters. The molecule has 0 fully saturated rings. The number of sulfonamides is 1. The summed E-state index contributed by atoms with van der Waals surface area (Å²) in [5, 5.41) is 22.8. The molecule has 0 aliphatic carbocycles. The van der Waals surface area contributed by atoms with Crippen LogP contribution in [0, 0.1) is 5.41 Å². The van der Waals surface area contributed by atoms with Gasteiger partial charge in [-0.25, -0.2) is 13.2 Å². The van der Waals surface area contributed by atoms with E-state index in [2.05, 4.69) is 15.4 Å². The topological polar surface area (TPSA) is 193 Å². The minimum absolute atomic E-state index is 0.0104. The third-order valence-electron chi connectivity index (χ3n) is 5.22. The highest BCUT2D eigenvalue weighted by molar-refractivity contribution is 7.92. The fraction of sp³-hybridized carbons (Fsp3) is 0.192. The maximum atomic E-state index is 13.1. The van der Waals surface area contributed by atoms with Crippen LogP contribution in [0.5, 0.6) is 11.5 Å². The Morgan fingerprint density at radius 3 is 2.35 bits per heavy atom. The lowest BCUT2D eigenvalue weighted by Crippen LogP contribution is -2.17. The number of amidine groups is 1. The first-order valence-electron chi connectivity index (χ1n) is 11.8. The molecular weight excluding hydrogens is 562 g/mol. The fourth-order valence-corrected chi connectivity index (χ4v) is 4.32. The number of halogens is 1. The van der Waals surface area contributed by atoms with E-state index in [0.717, 1.165) is 6.26 Å². The first kappa shape index (κ1) is 30.1. The smallest absolute Gasteiger partial charge is 0.341 e. The molecule has 14 heteroatoms. The number of benzene rings is 3. The van der Waals surface area contributed by atoms with Crippen LogP contribution in [0.1, 0.15) is 28.4 Å². The van der Waals surface area contributed by atoms with Crippen molar-refractivity contribution < 1.29 is 32.6 Å². The van der Waals surface area contributed by atoms with Crippen LogP contribution in [-0.2, 0) is 21.4 Å². The van der Waals surface area contributed by atoms with Gasteiger partial charge in [0.1, 0.15) is 5.84 Å². The Balaban J connectivity index is 1.94. The average Bonchev–Trinajstić information content (AvgIpc) is 2.86. The van der Waals surface area contributed by atoms with Crippen molar-refractivity contribution in [3.05, 3.63) is 76.3 Å². The zero-order valence-corrected chi connectivity index (χ0v) is 23.2. The lowest BCUT2D eigenvalue weighted by molar-refractivity contribution is -0.139. The van der Waals surface area contributed by atoms with Crippen LogP contribution < -0.4 is 30.6 Å². The van der Waals surface area contributed by atoms with Crippen molar-refractivity contribution in [3.63, 3.8) is 0 Å². The summed E-state index contributed by atoms with van der Waals surface area (Å²) < 4.78 is 37.2. The Kier molecular flexibility index (Phi) is 9.80. The number of hydrogen-bond donors (Lipinski definition) is 6. The number of amides is 1. The molecule has 212 valence electrons. The highest BCUT2D eigenvalue weighted by atomic mass is 35.5. The summed E-state index contributed by atoms with van der Waals surface area (Å²) in [5.74, 6) is -1.56. The molecule has 0 saturated heterocycles. The van der Waals surface area contributed by atoms with Crippen molar-refractivity contribution in [2.24, 2.45) is 5.73 Å². The van der Waals surface area contributed by atoms with E-state index < -0.39 is 28.5 Å². The van der Waals surface area contributed by atoms with Crippen molar-refractivity contribution in [2.45, 2.75) is 13.5 Å². The van der Waals surface area contributed by atoms with Gasteiger partial charge in [-0.05, 0) is 55.5 Å². The Morgan fingerprint density at radius 2 is 1.75 bits per heavy atom. The first-order chi connectivity index (χ1) is 18.9. The van der Waals surface area contributed by atoms with Gasteiger partial charge in [0.05, 0.1) is 24.1 Å². The number of carbonyl (C=O) groups excluding carboxylic acids is 1. The van der Waals surface area contributed by atoms with E-state index in [4.69, 9.17) is 37.3 Å². The number of rotatable bonds is 13. The van der Waals surface area contributed by atoms with Gasteiger partial charge in [0.15, 0.2) is 18.1 Å². The highest BCUT2D eigenvalue weighted by Gasteiger charge is 2.19. The molecule has 12 nitrogen and oxygen atoms in total. The van der Waals surface area contributed by atoms with Gasteiger partial charge in [0.25, 0.3) is 5.91 Å². The normalized spacial score (nSPS) is 10.9. The zero-order chi connectivity index (χ0) is 29.4. The third kappa shape index (κ3) is 8.51. The van der Waals surface area contributed by atoms with E-state index in [0.29, 0.717) is 27.5 Å². The van der Waals surface area contributed by atoms with Crippen LogP contribution in [0.3, 0.4) is 0 Å². The van der Waals surface area contributed by atoms with Crippen molar-refractivity contribution in [1.29, 1.82) is 5.41 Å².